The van der Waals surface area contributed by atoms with E-state index in [0.29, 0.717) is 0 Å². The van der Waals surface area contributed by atoms with Crippen molar-refractivity contribution in [3.63, 3.8) is 0 Å². The monoisotopic (exact) mass is 1530 g/mol. The van der Waals surface area contributed by atoms with E-state index in [9.17, 15) is 0 Å². The van der Waals surface area contributed by atoms with Crippen molar-refractivity contribution >= 4 is 0 Å². The van der Waals surface area contributed by atoms with Gasteiger partial charge in [-0.25, -0.2) is 0 Å². The largest absolute Gasteiger partial charge is 0.0917 e. The Hall–Kier alpha value is -7.28. The second-order valence-corrected chi connectivity index (χ2v) is 20.4. The van der Waals surface area contributed by atoms with Crippen molar-refractivity contribution in [3.05, 3.63) is 335 Å². The van der Waals surface area contributed by atoms with E-state index in [1.54, 1.807) is 0 Å². The van der Waals surface area contributed by atoms with E-state index in [1.165, 1.54) is 88.6 Å². The first kappa shape index (κ1) is 136. The van der Waals surface area contributed by atoms with Crippen LogP contribution in [0.15, 0.2) is 285 Å². The summed E-state index contributed by atoms with van der Waals surface area (Å²) in [6.45, 7) is 77.9. The fourth-order valence-corrected chi connectivity index (χ4v) is 8.25. The summed E-state index contributed by atoms with van der Waals surface area (Å²) in [5, 5.41) is 0. The standard InChI is InChI=1S/C8H16.9C8H10.C5H10.13C2H6/c10*1-2-8-6-4-3-5-7-8;1-3-5-4-2;13*1-2/h8H,2-7H2,1H3;9*3-7H,2H2,1H3;3,5H,4H2,1-2H3;13*1-2H3. The third-order valence-corrected chi connectivity index (χ3v) is 14.0. The molecule has 10 rings (SSSR count). The first-order valence-corrected chi connectivity index (χ1v) is 45.7. The average molecular weight is 1530 g/mol. The zero-order valence-corrected chi connectivity index (χ0v) is 81.5. The molecule has 0 radical (unpaired) electrons. The lowest BCUT2D eigenvalue weighted by Crippen LogP contribution is -2.03. The van der Waals surface area contributed by atoms with Crippen LogP contribution < -0.4 is 0 Å². The molecule has 9 aromatic carbocycles. The van der Waals surface area contributed by atoms with E-state index >= 15 is 0 Å². The highest BCUT2D eigenvalue weighted by molar-refractivity contribution is 5.19. The van der Waals surface area contributed by atoms with Crippen molar-refractivity contribution in [2.75, 3.05) is 0 Å². The van der Waals surface area contributed by atoms with Crippen LogP contribution in [-0.2, 0) is 57.8 Å². The van der Waals surface area contributed by atoms with E-state index in [1.807, 2.05) is 242 Å². The molecule has 638 valence electrons. The molecule has 1 fully saturated rings. The van der Waals surface area contributed by atoms with Gasteiger partial charge in [0, 0.05) is 0 Å². The minimum absolute atomic E-state index is 1.09. The molecule has 0 atom stereocenters. The van der Waals surface area contributed by atoms with E-state index in [2.05, 4.69) is 307 Å². The van der Waals surface area contributed by atoms with E-state index < -0.39 is 0 Å². The molecule has 0 aromatic heterocycles. The van der Waals surface area contributed by atoms with Gasteiger partial charge in [0.1, 0.15) is 0 Å². The summed E-state index contributed by atoms with van der Waals surface area (Å²) in [7, 11) is 0. The van der Waals surface area contributed by atoms with Gasteiger partial charge in [-0.15, -0.1) is 0 Å². The minimum Gasteiger partial charge on any atom is -0.0917 e. The summed E-state index contributed by atoms with van der Waals surface area (Å²) in [5.41, 5.74) is 12.7. The third-order valence-electron chi connectivity index (χ3n) is 14.0. The van der Waals surface area contributed by atoms with Crippen LogP contribution >= 0.6 is 0 Å². The second kappa shape index (κ2) is 145. The lowest BCUT2D eigenvalue weighted by molar-refractivity contribution is 0.349. The van der Waals surface area contributed by atoms with Gasteiger partial charge in [-0.05, 0) is 127 Å². The van der Waals surface area contributed by atoms with Crippen LogP contribution in [0.3, 0.4) is 0 Å². The summed E-state index contributed by atoms with van der Waals surface area (Å²) in [5.74, 6) is 1.09. The molecule has 0 spiro atoms. The van der Waals surface area contributed by atoms with Gasteiger partial charge in [-0.3, -0.25) is 0 Å². The molecule has 111 heavy (non-hydrogen) atoms. The molecule has 0 nitrogen and oxygen atoms in total. The second-order valence-electron chi connectivity index (χ2n) is 20.4. The maximum absolute atomic E-state index is 2.32. The maximum atomic E-state index is 2.32. The quantitative estimate of drug-likeness (QED) is 0.113. The van der Waals surface area contributed by atoms with Crippen LogP contribution in [-0.4, -0.2) is 0 Å². The molecular formula is C111H194. The molecule has 1 saturated carbocycles. The summed E-state index contributed by atoms with van der Waals surface area (Å²) in [6, 6.07) is 94.1. The van der Waals surface area contributed by atoms with E-state index in [0.717, 1.165) is 70.1 Å². The van der Waals surface area contributed by atoms with Crippen LogP contribution in [0.1, 0.15) is 358 Å². The van der Waals surface area contributed by atoms with E-state index in [4.69, 9.17) is 0 Å². The molecule has 0 saturated heterocycles. The zero-order chi connectivity index (χ0) is 88.3. The number of rotatable bonds is 11. The number of allylic oxidation sites excluding steroid dienone is 2. The Morgan fingerprint density at radius 3 is 0.360 bits per heavy atom. The van der Waals surface area contributed by atoms with Gasteiger partial charge in [0.15, 0.2) is 0 Å². The predicted molar refractivity (Wildman–Crippen MR) is 532 cm³/mol. The van der Waals surface area contributed by atoms with Crippen molar-refractivity contribution in [2.45, 2.75) is 366 Å². The molecule has 0 heteroatoms. The molecular weight excluding hydrogens is 1330 g/mol. The van der Waals surface area contributed by atoms with Gasteiger partial charge < -0.3 is 0 Å². The highest BCUT2D eigenvalue weighted by atomic mass is 14.2. The first-order valence-electron chi connectivity index (χ1n) is 45.7. The molecule has 0 aliphatic heterocycles. The van der Waals surface area contributed by atoms with Crippen LogP contribution in [0.4, 0.5) is 0 Å². The van der Waals surface area contributed by atoms with Gasteiger partial charge in [-0.2, -0.15) is 0 Å². The Morgan fingerprint density at radius 1 is 0.189 bits per heavy atom. The fourth-order valence-electron chi connectivity index (χ4n) is 8.25. The van der Waals surface area contributed by atoms with Crippen LogP contribution in [0.2, 0.25) is 0 Å². The average Bonchev–Trinajstić information content (AvgIpc) is 1.63. The maximum Gasteiger partial charge on any atom is -0.0307 e. The van der Waals surface area contributed by atoms with Crippen LogP contribution in [0.5, 0.6) is 0 Å². The lowest BCUT2D eigenvalue weighted by Gasteiger charge is -2.18. The topological polar surface area (TPSA) is 0 Å². The van der Waals surface area contributed by atoms with E-state index in [-0.39, 0.29) is 0 Å². The Balaban J connectivity index is -0.0000000755. The van der Waals surface area contributed by atoms with Crippen LogP contribution in [0.25, 0.3) is 0 Å². The van der Waals surface area contributed by atoms with Crippen molar-refractivity contribution in [2.24, 2.45) is 5.92 Å². The van der Waals surface area contributed by atoms with Gasteiger partial charge in [0.05, 0.1) is 0 Å². The zero-order valence-electron chi connectivity index (χ0n) is 81.5. The molecule has 0 unspecified atom stereocenters. The summed E-state index contributed by atoms with van der Waals surface area (Å²) in [6.07, 6.45) is 24.5. The Morgan fingerprint density at radius 2 is 0.306 bits per heavy atom. The third kappa shape index (κ3) is 116. The van der Waals surface area contributed by atoms with Crippen molar-refractivity contribution in [3.8, 4) is 0 Å². The Labute approximate surface area is 702 Å². The number of hydrogen-bond acceptors (Lipinski definition) is 0. The minimum atomic E-state index is 1.09. The Kier molecular flexibility index (Phi) is 177. The molecule has 9 aromatic rings. The molecule has 0 amide bonds. The first-order chi connectivity index (χ1) is 54.7. The molecule has 1 aliphatic rings. The number of aryl methyl sites for hydroxylation is 9. The highest BCUT2D eigenvalue weighted by Crippen LogP contribution is 2.25. The van der Waals surface area contributed by atoms with Gasteiger partial charge in [0.2, 0.25) is 0 Å². The van der Waals surface area contributed by atoms with Gasteiger partial charge in [-0.1, -0.05) is 580 Å². The van der Waals surface area contributed by atoms with Crippen molar-refractivity contribution in [1.82, 2.24) is 0 Å². The van der Waals surface area contributed by atoms with Crippen molar-refractivity contribution in [1.29, 1.82) is 0 Å². The SMILES string of the molecule is CC.CC.CC.CC.CC.CC.CC.CC.CC.CC.CC.CC.CC.CC=CCC.CCC1CCCCC1.CCc1ccccc1.CCc1ccccc1.CCc1ccccc1.CCc1ccccc1.CCc1ccccc1.CCc1ccccc1.CCc1ccccc1.CCc1ccccc1.CCc1ccccc1. The normalized spacial score (nSPS) is 8.77. The molecule has 0 N–H and O–H groups in total. The smallest absolute Gasteiger partial charge is 0.0307 e. The van der Waals surface area contributed by atoms with Gasteiger partial charge >= 0.3 is 0 Å². The molecule has 1 aliphatic carbocycles. The highest BCUT2D eigenvalue weighted by Gasteiger charge is 2.09. The summed E-state index contributed by atoms with van der Waals surface area (Å²) >= 11 is 0. The number of benzene rings is 9. The van der Waals surface area contributed by atoms with Gasteiger partial charge in [0.25, 0.3) is 0 Å². The lowest BCUT2D eigenvalue weighted by atomic mass is 9.88. The fraction of sp³-hybridized carbons (Fsp3) is 0.495. The summed E-state index contributed by atoms with van der Waals surface area (Å²) in [4.78, 5) is 0. The molecule has 0 heterocycles. The predicted octanol–water partition coefficient (Wildman–Crippen LogP) is 38.5. The Bertz CT molecular complexity index is 2100. The summed E-state index contributed by atoms with van der Waals surface area (Å²) < 4.78 is 0. The van der Waals surface area contributed by atoms with Crippen molar-refractivity contribution < 1.29 is 0 Å². The van der Waals surface area contributed by atoms with Crippen LogP contribution in [0, 0.1) is 5.92 Å². The molecule has 0 bridgehead atoms. The number of hydrogen-bond donors (Lipinski definition) is 0.